The van der Waals surface area contributed by atoms with Crippen LogP contribution in [-0.2, 0) is 4.79 Å². The minimum atomic E-state index is -0.383. The zero-order chi connectivity index (χ0) is 23.8. The van der Waals surface area contributed by atoms with E-state index in [2.05, 4.69) is 15.2 Å². The molecule has 3 heterocycles. The van der Waals surface area contributed by atoms with Crippen molar-refractivity contribution in [3.05, 3.63) is 59.2 Å². The van der Waals surface area contributed by atoms with E-state index in [9.17, 15) is 19.2 Å². The van der Waals surface area contributed by atoms with E-state index < -0.39 is 0 Å². The van der Waals surface area contributed by atoms with Crippen LogP contribution in [0, 0.1) is 0 Å². The van der Waals surface area contributed by atoms with Gasteiger partial charge >= 0.3 is 0 Å². The summed E-state index contributed by atoms with van der Waals surface area (Å²) in [7, 11) is 2.04. The lowest BCUT2D eigenvalue weighted by Gasteiger charge is -2.32. The molecule has 0 bridgehead atoms. The summed E-state index contributed by atoms with van der Waals surface area (Å²) in [4.78, 5) is 59.8. The number of hydrogen-bond donors (Lipinski definition) is 1. The van der Waals surface area contributed by atoms with Gasteiger partial charge in [-0.05, 0) is 37.4 Å². The monoisotopic (exact) mass is 477 g/mol. The molecule has 1 N–H and O–H groups in total. The van der Waals surface area contributed by atoms with E-state index in [4.69, 9.17) is 0 Å². The molecule has 3 aromatic rings. The highest BCUT2D eigenvalue weighted by Gasteiger charge is 2.35. The quantitative estimate of drug-likeness (QED) is 0.566. The maximum absolute atomic E-state index is 12.8. The number of carbonyl (C=O) groups excluding carboxylic acids is 4. The lowest BCUT2D eigenvalue weighted by Crippen LogP contribution is -2.47. The van der Waals surface area contributed by atoms with E-state index in [1.54, 1.807) is 36.4 Å². The molecule has 0 atom stereocenters. The Morgan fingerprint density at radius 1 is 1.00 bits per heavy atom. The third kappa shape index (κ3) is 4.17. The van der Waals surface area contributed by atoms with Crippen LogP contribution in [0.5, 0.6) is 0 Å². The first-order valence-electron chi connectivity index (χ1n) is 11.0. The van der Waals surface area contributed by atoms with Gasteiger partial charge in [0.05, 0.1) is 21.3 Å². The number of nitrogens with one attached hydrogen (secondary N) is 1. The minimum Gasteiger partial charge on any atom is -0.336 e. The van der Waals surface area contributed by atoms with Crippen LogP contribution in [0.25, 0.3) is 10.2 Å². The van der Waals surface area contributed by atoms with Crippen molar-refractivity contribution >= 4 is 50.3 Å². The second-order valence-electron chi connectivity index (χ2n) is 8.40. The number of thiazole rings is 1. The molecule has 9 nitrogen and oxygen atoms in total. The lowest BCUT2D eigenvalue weighted by molar-refractivity contribution is -0.116. The molecule has 1 saturated heterocycles. The molecule has 34 heavy (non-hydrogen) atoms. The van der Waals surface area contributed by atoms with Gasteiger partial charge in [-0.25, -0.2) is 4.98 Å². The molecule has 0 spiro atoms. The van der Waals surface area contributed by atoms with Crippen molar-refractivity contribution in [3.8, 4) is 0 Å². The molecule has 0 saturated carbocycles. The number of aromatic nitrogens is 1. The van der Waals surface area contributed by atoms with Crippen LogP contribution < -0.4 is 5.32 Å². The van der Waals surface area contributed by atoms with Gasteiger partial charge in [0.25, 0.3) is 17.7 Å². The van der Waals surface area contributed by atoms with Gasteiger partial charge in [-0.1, -0.05) is 23.5 Å². The number of carbonyl (C=O) groups is 4. The first-order valence-corrected chi connectivity index (χ1v) is 11.9. The molecule has 10 heteroatoms. The number of imide groups is 1. The molecular formula is C24H23N5O4S. The molecule has 0 unspecified atom stereocenters. The van der Waals surface area contributed by atoms with Crippen LogP contribution in [0.15, 0.2) is 42.5 Å². The molecule has 0 aliphatic carbocycles. The van der Waals surface area contributed by atoms with Crippen LogP contribution in [-0.4, -0.2) is 83.1 Å². The summed E-state index contributed by atoms with van der Waals surface area (Å²) < 4.78 is 0.802. The largest absolute Gasteiger partial charge is 0.336 e. The van der Waals surface area contributed by atoms with Crippen LogP contribution in [0.3, 0.4) is 0 Å². The summed E-state index contributed by atoms with van der Waals surface area (Å²) in [6.07, 6.45) is -0.0332. The van der Waals surface area contributed by atoms with Crippen LogP contribution in [0.2, 0.25) is 0 Å². The predicted molar refractivity (Wildman–Crippen MR) is 128 cm³/mol. The Kier molecular flexibility index (Phi) is 5.84. The van der Waals surface area contributed by atoms with E-state index >= 15 is 0 Å². The Morgan fingerprint density at radius 2 is 1.68 bits per heavy atom. The minimum absolute atomic E-state index is 0.00469. The summed E-state index contributed by atoms with van der Waals surface area (Å²) in [6.45, 7) is 3.10. The number of amides is 4. The SMILES string of the molecule is CN1CCN(C(=O)c2ccc3nc(NC(=O)CCN4C(=O)c5ccccc5C4=O)sc3c2)CC1. The van der Waals surface area contributed by atoms with Crippen LogP contribution >= 0.6 is 11.3 Å². The van der Waals surface area contributed by atoms with Crippen LogP contribution in [0.4, 0.5) is 5.13 Å². The molecule has 2 aromatic carbocycles. The fourth-order valence-corrected chi connectivity index (χ4v) is 5.06. The summed E-state index contributed by atoms with van der Waals surface area (Å²) in [6, 6.07) is 12.0. The van der Waals surface area contributed by atoms with Crippen molar-refractivity contribution in [1.29, 1.82) is 0 Å². The van der Waals surface area contributed by atoms with Crippen molar-refractivity contribution < 1.29 is 19.2 Å². The second-order valence-corrected chi connectivity index (χ2v) is 9.43. The van der Waals surface area contributed by atoms with Gasteiger partial charge in [0.1, 0.15) is 0 Å². The summed E-state index contributed by atoms with van der Waals surface area (Å²) in [5, 5.41) is 3.15. The van der Waals surface area contributed by atoms with Crippen molar-refractivity contribution in [1.82, 2.24) is 19.7 Å². The smallest absolute Gasteiger partial charge is 0.261 e. The van der Waals surface area contributed by atoms with E-state index in [0.29, 0.717) is 40.4 Å². The number of nitrogens with zero attached hydrogens (tertiary/aromatic N) is 4. The maximum Gasteiger partial charge on any atom is 0.261 e. The standard InChI is InChI=1S/C24H23N5O4S/c1-27-10-12-28(13-11-27)21(31)15-6-7-18-19(14-15)34-24(25-18)26-20(30)8-9-29-22(32)16-4-2-3-5-17(16)23(29)33/h2-7,14H,8-13H2,1H3,(H,25,26,30). The van der Waals surface area contributed by atoms with E-state index in [-0.39, 0.29) is 36.6 Å². The van der Waals surface area contributed by atoms with Crippen LogP contribution in [0.1, 0.15) is 37.5 Å². The molecule has 2 aliphatic heterocycles. The lowest BCUT2D eigenvalue weighted by atomic mass is 10.1. The number of benzene rings is 2. The topological polar surface area (TPSA) is 103 Å². The fraction of sp³-hybridized carbons (Fsp3) is 0.292. The van der Waals surface area contributed by atoms with Gasteiger partial charge in [-0.2, -0.15) is 0 Å². The van der Waals surface area contributed by atoms with Crippen molar-refractivity contribution in [2.24, 2.45) is 0 Å². The Labute approximate surface area is 200 Å². The third-order valence-corrected chi connectivity index (χ3v) is 7.05. The first-order chi connectivity index (χ1) is 16.4. The van der Waals surface area contributed by atoms with Crippen molar-refractivity contribution in [3.63, 3.8) is 0 Å². The molecule has 1 aromatic heterocycles. The van der Waals surface area contributed by atoms with Crippen molar-refractivity contribution in [2.45, 2.75) is 6.42 Å². The number of piperazine rings is 1. The Balaban J connectivity index is 1.21. The summed E-state index contributed by atoms with van der Waals surface area (Å²) >= 11 is 1.28. The van der Waals surface area contributed by atoms with Gasteiger partial charge in [0.15, 0.2) is 5.13 Å². The van der Waals surface area contributed by atoms with E-state index in [1.807, 2.05) is 18.0 Å². The predicted octanol–water partition coefficient (Wildman–Crippen LogP) is 2.31. The average molecular weight is 478 g/mol. The number of fused-ring (bicyclic) bond motifs is 2. The zero-order valence-electron chi connectivity index (χ0n) is 18.6. The first kappa shape index (κ1) is 22.2. The highest BCUT2D eigenvalue weighted by Crippen LogP contribution is 2.28. The number of hydrogen-bond acceptors (Lipinski definition) is 7. The Morgan fingerprint density at radius 3 is 2.35 bits per heavy atom. The number of likely N-dealkylation sites (N-methyl/N-ethyl adjacent to an activating group) is 1. The summed E-state index contributed by atoms with van der Waals surface area (Å²) in [5.74, 6) is -1.11. The van der Waals surface area contributed by atoms with Gasteiger partial charge < -0.3 is 15.1 Å². The Hall–Kier alpha value is -3.63. The van der Waals surface area contributed by atoms with E-state index in [1.165, 1.54) is 11.3 Å². The molecule has 5 rings (SSSR count). The molecular weight excluding hydrogens is 454 g/mol. The highest BCUT2D eigenvalue weighted by molar-refractivity contribution is 7.22. The molecule has 4 amide bonds. The molecule has 174 valence electrons. The van der Waals surface area contributed by atoms with E-state index in [0.717, 1.165) is 22.7 Å². The average Bonchev–Trinajstić information content (AvgIpc) is 3.35. The highest BCUT2D eigenvalue weighted by atomic mass is 32.1. The van der Waals surface area contributed by atoms with Gasteiger partial charge in [-0.15, -0.1) is 0 Å². The summed E-state index contributed by atoms with van der Waals surface area (Å²) in [5.41, 5.74) is 2.02. The normalized spacial score (nSPS) is 16.3. The number of rotatable bonds is 5. The molecule has 2 aliphatic rings. The molecule has 1 fully saturated rings. The second kappa shape index (κ2) is 8.96. The third-order valence-electron chi connectivity index (χ3n) is 6.11. The Bertz CT molecular complexity index is 1280. The zero-order valence-corrected chi connectivity index (χ0v) is 19.4. The van der Waals surface area contributed by atoms with Gasteiger partial charge in [0, 0.05) is 44.7 Å². The maximum atomic E-state index is 12.8. The fourth-order valence-electron chi connectivity index (χ4n) is 4.14. The van der Waals surface area contributed by atoms with Gasteiger partial charge in [0.2, 0.25) is 5.91 Å². The van der Waals surface area contributed by atoms with Gasteiger partial charge in [-0.3, -0.25) is 24.1 Å². The van der Waals surface area contributed by atoms with Crippen molar-refractivity contribution in [2.75, 3.05) is 45.1 Å². The molecule has 0 radical (unpaired) electrons. The number of anilines is 1.